The molecule has 0 spiro atoms. The summed E-state index contributed by atoms with van der Waals surface area (Å²) in [4.78, 5) is 14.7. The van der Waals surface area contributed by atoms with Gasteiger partial charge in [0, 0.05) is 19.1 Å². The first-order valence-electron chi connectivity index (χ1n) is 7.51. The Morgan fingerprint density at radius 3 is 2.95 bits per heavy atom. The first kappa shape index (κ1) is 14.9. The molecule has 1 unspecified atom stereocenters. The van der Waals surface area contributed by atoms with Crippen LogP contribution in [-0.4, -0.2) is 46.7 Å². The predicted octanol–water partition coefficient (Wildman–Crippen LogP) is 1.56. The standard InChI is InChI=1S/C15H24N4O/c1-4-14-13(9-11(3)17-18-14)15(20)19-8-6-7-12(10-19)16-5-2/h9,12,16H,4-8,10H2,1-3H3. The molecule has 0 saturated carbocycles. The van der Waals surface area contributed by atoms with Crippen molar-refractivity contribution in [3.8, 4) is 0 Å². The molecule has 1 N–H and O–H groups in total. The van der Waals surface area contributed by atoms with Crippen LogP contribution >= 0.6 is 0 Å². The molecule has 1 amide bonds. The maximum atomic E-state index is 12.7. The van der Waals surface area contributed by atoms with Gasteiger partial charge in [0.25, 0.3) is 5.91 Å². The van der Waals surface area contributed by atoms with Gasteiger partial charge in [-0.25, -0.2) is 0 Å². The van der Waals surface area contributed by atoms with Crippen LogP contribution in [0.2, 0.25) is 0 Å². The van der Waals surface area contributed by atoms with Crippen LogP contribution in [-0.2, 0) is 6.42 Å². The molecule has 0 bridgehead atoms. The van der Waals surface area contributed by atoms with Crippen LogP contribution < -0.4 is 5.32 Å². The summed E-state index contributed by atoms with van der Waals surface area (Å²) in [5, 5.41) is 11.6. The van der Waals surface area contributed by atoms with E-state index in [-0.39, 0.29) is 5.91 Å². The molecule has 0 aliphatic carbocycles. The van der Waals surface area contributed by atoms with Gasteiger partial charge < -0.3 is 10.2 Å². The van der Waals surface area contributed by atoms with E-state index in [1.165, 1.54) is 0 Å². The Morgan fingerprint density at radius 2 is 2.25 bits per heavy atom. The van der Waals surface area contributed by atoms with Gasteiger partial charge in [-0.2, -0.15) is 10.2 Å². The van der Waals surface area contributed by atoms with Crippen LogP contribution in [0, 0.1) is 6.92 Å². The number of nitrogens with one attached hydrogen (secondary N) is 1. The zero-order valence-corrected chi connectivity index (χ0v) is 12.6. The minimum absolute atomic E-state index is 0.0995. The summed E-state index contributed by atoms with van der Waals surface area (Å²) < 4.78 is 0. The zero-order chi connectivity index (χ0) is 14.5. The summed E-state index contributed by atoms with van der Waals surface area (Å²) in [7, 11) is 0. The van der Waals surface area contributed by atoms with E-state index in [2.05, 4.69) is 22.4 Å². The average molecular weight is 276 g/mol. The van der Waals surface area contributed by atoms with Gasteiger partial charge in [0.1, 0.15) is 0 Å². The fourth-order valence-electron chi connectivity index (χ4n) is 2.75. The number of aryl methyl sites for hydroxylation is 2. The van der Waals surface area contributed by atoms with Crippen molar-refractivity contribution in [2.75, 3.05) is 19.6 Å². The van der Waals surface area contributed by atoms with E-state index in [1.54, 1.807) is 0 Å². The SMILES string of the molecule is CCNC1CCCN(C(=O)c2cc(C)nnc2CC)C1. The highest BCUT2D eigenvalue weighted by molar-refractivity contribution is 5.95. The minimum Gasteiger partial charge on any atom is -0.337 e. The number of likely N-dealkylation sites (N-methyl/N-ethyl adjacent to an activating group) is 1. The normalized spacial score (nSPS) is 19.1. The summed E-state index contributed by atoms with van der Waals surface area (Å²) >= 11 is 0. The lowest BCUT2D eigenvalue weighted by molar-refractivity contribution is 0.0693. The summed E-state index contributed by atoms with van der Waals surface area (Å²) in [6.45, 7) is 8.56. The molecule has 5 heteroatoms. The molecule has 1 saturated heterocycles. The van der Waals surface area contributed by atoms with E-state index in [4.69, 9.17) is 0 Å². The Balaban J connectivity index is 2.16. The van der Waals surface area contributed by atoms with Crippen LogP contribution in [0.5, 0.6) is 0 Å². The molecule has 1 aromatic rings. The molecule has 2 heterocycles. The van der Waals surface area contributed by atoms with Crippen molar-refractivity contribution in [3.63, 3.8) is 0 Å². The van der Waals surface area contributed by atoms with Crippen LogP contribution in [0.3, 0.4) is 0 Å². The number of amides is 1. The molecule has 1 fully saturated rings. The summed E-state index contributed by atoms with van der Waals surface area (Å²) in [5.41, 5.74) is 2.31. The molecule has 5 nitrogen and oxygen atoms in total. The predicted molar refractivity (Wildman–Crippen MR) is 78.7 cm³/mol. The monoisotopic (exact) mass is 276 g/mol. The molecule has 1 aliphatic heterocycles. The Hall–Kier alpha value is -1.49. The summed E-state index contributed by atoms with van der Waals surface area (Å²) in [6, 6.07) is 2.28. The van der Waals surface area contributed by atoms with Gasteiger partial charge in [-0.3, -0.25) is 4.79 Å². The van der Waals surface area contributed by atoms with Crippen molar-refractivity contribution in [1.29, 1.82) is 0 Å². The van der Waals surface area contributed by atoms with Crippen LogP contribution in [0.25, 0.3) is 0 Å². The Morgan fingerprint density at radius 1 is 1.45 bits per heavy atom. The van der Waals surface area contributed by atoms with E-state index in [0.717, 1.165) is 55.8 Å². The molecule has 1 aliphatic rings. The van der Waals surface area contributed by atoms with Gasteiger partial charge in [-0.1, -0.05) is 13.8 Å². The Bertz CT molecular complexity index is 473. The fraction of sp³-hybridized carbons (Fsp3) is 0.667. The van der Waals surface area contributed by atoms with Crippen molar-refractivity contribution >= 4 is 5.91 Å². The first-order chi connectivity index (χ1) is 9.65. The molecule has 2 rings (SSSR count). The van der Waals surface area contributed by atoms with Gasteiger partial charge in [0.15, 0.2) is 0 Å². The van der Waals surface area contributed by atoms with Gasteiger partial charge in [-0.05, 0) is 38.8 Å². The maximum absolute atomic E-state index is 12.7. The number of rotatable bonds is 4. The van der Waals surface area contributed by atoms with E-state index in [0.29, 0.717) is 6.04 Å². The molecule has 110 valence electrons. The van der Waals surface area contributed by atoms with Crippen molar-refractivity contribution < 1.29 is 4.79 Å². The Kier molecular flexibility index (Phi) is 5.06. The highest BCUT2D eigenvalue weighted by Crippen LogP contribution is 2.16. The van der Waals surface area contributed by atoms with E-state index in [1.807, 2.05) is 24.8 Å². The number of likely N-dealkylation sites (tertiary alicyclic amines) is 1. The third kappa shape index (κ3) is 3.33. The summed E-state index contributed by atoms with van der Waals surface area (Å²) in [6.07, 6.45) is 2.94. The van der Waals surface area contributed by atoms with E-state index in [9.17, 15) is 4.79 Å². The number of carbonyl (C=O) groups excluding carboxylic acids is 1. The molecule has 20 heavy (non-hydrogen) atoms. The molecule has 0 radical (unpaired) electrons. The van der Waals surface area contributed by atoms with Gasteiger partial charge in [-0.15, -0.1) is 0 Å². The first-order valence-corrected chi connectivity index (χ1v) is 7.51. The second-order valence-electron chi connectivity index (χ2n) is 5.35. The van der Waals surface area contributed by atoms with Crippen LogP contribution in [0.4, 0.5) is 0 Å². The fourth-order valence-corrected chi connectivity index (χ4v) is 2.75. The lowest BCUT2D eigenvalue weighted by Gasteiger charge is -2.33. The number of carbonyl (C=O) groups is 1. The van der Waals surface area contributed by atoms with Crippen LogP contribution in [0.15, 0.2) is 6.07 Å². The molecule has 1 atom stereocenters. The Labute approximate surface area is 120 Å². The third-order valence-corrected chi connectivity index (χ3v) is 3.76. The molecular weight excluding hydrogens is 252 g/mol. The number of hydrogen-bond acceptors (Lipinski definition) is 4. The van der Waals surface area contributed by atoms with Crippen molar-refractivity contribution in [1.82, 2.24) is 20.4 Å². The number of aromatic nitrogens is 2. The summed E-state index contributed by atoms with van der Waals surface area (Å²) in [5.74, 6) is 0.0995. The van der Waals surface area contributed by atoms with Crippen molar-refractivity contribution in [2.45, 2.75) is 46.1 Å². The lowest BCUT2D eigenvalue weighted by Crippen LogP contribution is -2.48. The number of piperidine rings is 1. The molecule has 0 aromatic carbocycles. The van der Waals surface area contributed by atoms with E-state index >= 15 is 0 Å². The maximum Gasteiger partial charge on any atom is 0.255 e. The van der Waals surface area contributed by atoms with Gasteiger partial charge in [0.05, 0.1) is 17.0 Å². The van der Waals surface area contributed by atoms with Crippen LogP contribution in [0.1, 0.15) is 48.4 Å². The topological polar surface area (TPSA) is 58.1 Å². The largest absolute Gasteiger partial charge is 0.337 e. The molecular formula is C15H24N4O. The van der Waals surface area contributed by atoms with Crippen molar-refractivity contribution in [2.24, 2.45) is 0 Å². The highest BCUT2D eigenvalue weighted by Gasteiger charge is 2.25. The lowest BCUT2D eigenvalue weighted by atomic mass is 10.0. The van der Waals surface area contributed by atoms with Gasteiger partial charge >= 0.3 is 0 Å². The smallest absolute Gasteiger partial charge is 0.255 e. The van der Waals surface area contributed by atoms with Crippen molar-refractivity contribution in [3.05, 3.63) is 23.0 Å². The average Bonchev–Trinajstić information content (AvgIpc) is 2.47. The zero-order valence-electron chi connectivity index (χ0n) is 12.6. The highest BCUT2D eigenvalue weighted by atomic mass is 16.2. The molecule has 1 aromatic heterocycles. The minimum atomic E-state index is 0.0995. The number of nitrogens with zero attached hydrogens (tertiary/aromatic N) is 3. The number of hydrogen-bond donors (Lipinski definition) is 1. The second-order valence-corrected chi connectivity index (χ2v) is 5.35. The van der Waals surface area contributed by atoms with E-state index < -0.39 is 0 Å². The quantitative estimate of drug-likeness (QED) is 0.906. The second kappa shape index (κ2) is 6.79. The third-order valence-electron chi connectivity index (χ3n) is 3.76. The van der Waals surface area contributed by atoms with Gasteiger partial charge in [0.2, 0.25) is 0 Å².